The second-order valence-electron chi connectivity index (χ2n) is 10.4. The quantitative estimate of drug-likeness (QED) is 0.153. The van der Waals surface area contributed by atoms with Gasteiger partial charge in [0.05, 0.1) is 0 Å². The fourth-order valence-corrected chi connectivity index (χ4v) is 5.74. The van der Waals surface area contributed by atoms with Gasteiger partial charge in [-0.05, 0) is 36.4 Å². The van der Waals surface area contributed by atoms with E-state index in [4.69, 9.17) is 9.47 Å². The predicted molar refractivity (Wildman–Crippen MR) is 145 cm³/mol. The second-order valence-corrected chi connectivity index (χ2v) is 10.4. The van der Waals surface area contributed by atoms with E-state index in [2.05, 4.69) is 0 Å². The van der Waals surface area contributed by atoms with Crippen LogP contribution in [0.2, 0.25) is 0 Å². The van der Waals surface area contributed by atoms with Crippen LogP contribution in [-0.4, -0.2) is 68.4 Å². The van der Waals surface area contributed by atoms with Crippen molar-refractivity contribution in [3.63, 3.8) is 0 Å². The zero-order valence-corrected chi connectivity index (χ0v) is 21.9. The number of phenols is 8. The maximum Gasteiger partial charge on any atom is 0.200 e. The molecule has 4 aromatic rings. The number of benzene rings is 4. The van der Waals surface area contributed by atoms with E-state index in [0.29, 0.717) is 0 Å². The molecule has 0 radical (unpaired) electrons. The molecule has 4 aromatic carbocycles. The monoisotopic (exact) mass is 594 g/mol. The van der Waals surface area contributed by atoms with Crippen molar-refractivity contribution in [2.45, 2.75) is 36.4 Å². The third-order valence-electron chi connectivity index (χ3n) is 7.80. The van der Waals surface area contributed by atoms with Gasteiger partial charge in [0.1, 0.15) is 41.3 Å². The number of aromatic hydroxyl groups is 8. The lowest BCUT2D eigenvalue weighted by molar-refractivity contribution is -0.0709. The molecule has 224 valence electrons. The van der Waals surface area contributed by atoms with Crippen molar-refractivity contribution in [3.8, 4) is 57.5 Å². The van der Waals surface area contributed by atoms with Gasteiger partial charge in [-0.25, -0.2) is 0 Å². The molecule has 2 aliphatic rings. The lowest BCUT2D eigenvalue weighted by atomic mass is 9.76. The van der Waals surface area contributed by atoms with E-state index in [9.17, 15) is 56.2 Å². The number of aliphatic hydroxyl groups is 3. The van der Waals surface area contributed by atoms with Gasteiger partial charge >= 0.3 is 0 Å². The smallest absolute Gasteiger partial charge is 0.200 e. The first-order chi connectivity index (χ1) is 20.4. The lowest BCUT2D eigenvalue weighted by Gasteiger charge is -2.40. The molecule has 13 heteroatoms. The summed E-state index contributed by atoms with van der Waals surface area (Å²) < 4.78 is 11.9. The number of phenolic OH excluding ortho intramolecular Hbond substituents is 8. The van der Waals surface area contributed by atoms with Crippen molar-refractivity contribution in [1.82, 2.24) is 0 Å². The van der Waals surface area contributed by atoms with Crippen molar-refractivity contribution in [1.29, 1.82) is 0 Å². The summed E-state index contributed by atoms with van der Waals surface area (Å²) in [6.45, 7) is 0. The van der Waals surface area contributed by atoms with Crippen LogP contribution in [-0.2, 0) is 0 Å². The Morgan fingerprint density at radius 3 is 1.65 bits per heavy atom. The molecule has 0 amide bonds. The Morgan fingerprint density at radius 1 is 0.488 bits per heavy atom. The number of hydrogen-bond acceptors (Lipinski definition) is 13. The molecular weight excluding hydrogens is 568 g/mol. The minimum atomic E-state index is -1.71. The standard InChI is InChI=1S/C30H26O13/c31-11-1-3-13-19(7-11)42-29(10-5-16(33)24(37)17(34)6-10)27(40)21(13)22-15(9-18(35)25(38)26(22)39)30-28(41)23(36)14-4-2-12(32)8-20(14)43-30/h1-9,21,23,27-41H/t21-,23-,27-,28-,29+,30+/m0/s1. The Labute approximate surface area is 242 Å². The Bertz CT molecular complexity index is 1730. The average molecular weight is 595 g/mol. The van der Waals surface area contributed by atoms with E-state index in [0.717, 1.165) is 18.2 Å². The minimum absolute atomic E-state index is 0.0217. The molecule has 0 aromatic heterocycles. The maximum absolute atomic E-state index is 11.8. The van der Waals surface area contributed by atoms with Gasteiger partial charge in [-0.2, -0.15) is 0 Å². The first-order valence-corrected chi connectivity index (χ1v) is 12.9. The first-order valence-electron chi connectivity index (χ1n) is 12.9. The largest absolute Gasteiger partial charge is 0.508 e. The van der Waals surface area contributed by atoms with Crippen LogP contribution >= 0.6 is 0 Å². The lowest BCUT2D eigenvalue weighted by Crippen LogP contribution is -2.38. The van der Waals surface area contributed by atoms with Gasteiger partial charge in [0.15, 0.2) is 41.0 Å². The van der Waals surface area contributed by atoms with Crippen LogP contribution in [0.5, 0.6) is 57.5 Å². The fraction of sp³-hybridized carbons (Fsp3) is 0.200. The molecule has 0 unspecified atom stereocenters. The molecule has 13 nitrogen and oxygen atoms in total. The highest BCUT2D eigenvalue weighted by Crippen LogP contribution is 2.56. The van der Waals surface area contributed by atoms with Gasteiger partial charge in [0.2, 0.25) is 5.75 Å². The highest BCUT2D eigenvalue weighted by atomic mass is 16.5. The summed E-state index contributed by atoms with van der Waals surface area (Å²) in [7, 11) is 0. The zero-order chi connectivity index (χ0) is 30.9. The topological polar surface area (TPSA) is 241 Å². The highest BCUT2D eigenvalue weighted by molar-refractivity contribution is 5.64. The van der Waals surface area contributed by atoms with Gasteiger partial charge < -0.3 is 65.6 Å². The molecule has 6 atom stereocenters. The molecule has 43 heavy (non-hydrogen) atoms. The number of rotatable bonds is 3. The predicted octanol–water partition coefficient (Wildman–Crippen LogP) is 2.49. The van der Waals surface area contributed by atoms with Crippen molar-refractivity contribution in [2.24, 2.45) is 0 Å². The van der Waals surface area contributed by atoms with Crippen LogP contribution in [0.25, 0.3) is 0 Å². The van der Waals surface area contributed by atoms with Crippen molar-refractivity contribution in [3.05, 3.63) is 82.4 Å². The van der Waals surface area contributed by atoms with Gasteiger partial charge in [-0.1, -0.05) is 6.07 Å². The van der Waals surface area contributed by atoms with Crippen LogP contribution in [0.15, 0.2) is 54.6 Å². The summed E-state index contributed by atoms with van der Waals surface area (Å²) in [6, 6.07) is 10.7. The van der Waals surface area contributed by atoms with Crippen LogP contribution in [0.4, 0.5) is 0 Å². The Balaban J connectivity index is 1.57. The van der Waals surface area contributed by atoms with E-state index < -0.39 is 70.9 Å². The number of aliphatic hydroxyl groups excluding tert-OH is 3. The SMILES string of the molecule is Oc1ccc2c(c1)O[C@H](c1cc(O)c(O)c(O)c1)[C@@H](O)[C@@H]2c1c([C@H]2Oc3cc(O)ccc3[C@H](O)[C@@H]2O)cc(O)c(O)c1O. The second kappa shape index (κ2) is 9.94. The van der Waals surface area contributed by atoms with Gasteiger partial charge in [-0.3, -0.25) is 0 Å². The number of fused-ring (bicyclic) bond motifs is 2. The van der Waals surface area contributed by atoms with Crippen LogP contribution in [0.3, 0.4) is 0 Å². The Hall–Kier alpha value is -5.24. The van der Waals surface area contributed by atoms with Crippen molar-refractivity contribution in [2.75, 3.05) is 0 Å². The highest BCUT2D eigenvalue weighted by Gasteiger charge is 2.46. The molecule has 11 N–H and O–H groups in total. The Kier molecular flexibility index (Phi) is 6.45. The maximum atomic E-state index is 11.8. The van der Waals surface area contributed by atoms with Gasteiger partial charge in [0, 0.05) is 45.9 Å². The van der Waals surface area contributed by atoms with Gasteiger partial charge in [-0.15, -0.1) is 0 Å². The number of ether oxygens (including phenoxy) is 2. The van der Waals surface area contributed by atoms with E-state index >= 15 is 0 Å². The van der Waals surface area contributed by atoms with Crippen molar-refractivity contribution < 1.29 is 65.6 Å². The molecule has 2 aliphatic heterocycles. The third kappa shape index (κ3) is 4.37. The van der Waals surface area contributed by atoms with Crippen LogP contribution in [0, 0.1) is 0 Å². The zero-order valence-electron chi connectivity index (χ0n) is 21.9. The first kappa shape index (κ1) is 27.9. The molecule has 2 heterocycles. The van der Waals surface area contributed by atoms with E-state index in [1.54, 1.807) is 0 Å². The molecule has 0 aliphatic carbocycles. The summed E-state index contributed by atoms with van der Waals surface area (Å²) in [4.78, 5) is 0. The van der Waals surface area contributed by atoms with Gasteiger partial charge in [0.25, 0.3) is 0 Å². The molecular formula is C30H26O13. The summed E-state index contributed by atoms with van der Waals surface area (Å²) in [6.07, 6.45) is -7.93. The molecule has 0 bridgehead atoms. The van der Waals surface area contributed by atoms with E-state index in [-0.39, 0.29) is 50.8 Å². The Morgan fingerprint density at radius 2 is 1.02 bits per heavy atom. The van der Waals surface area contributed by atoms with Crippen LogP contribution in [0.1, 0.15) is 52.0 Å². The molecule has 0 saturated heterocycles. The third-order valence-corrected chi connectivity index (χ3v) is 7.80. The van der Waals surface area contributed by atoms with E-state index in [1.165, 1.54) is 36.4 Å². The summed E-state index contributed by atoms with van der Waals surface area (Å²) in [5.41, 5.74) is -0.158. The molecule has 6 rings (SSSR count). The van der Waals surface area contributed by atoms with Crippen molar-refractivity contribution >= 4 is 0 Å². The summed E-state index contributed by atoms with van der Waals surface area (Å²) in [5, 5.41) is 116. The number of hydrogen-bond donors (Lipinski definition) is 11. The fourth-order valence-electron chi connectivity index (χ4n) is 5.74. The average Bonchev–Trinajstić information content (AvgIpc) is 2.96. The van der Waals surface area contributed by atoms with E-state index in [1.807, 2.05) is 0 Å². The minimum Gasteiger partial charge on any atom is -0.508 e. The van der Waals surface area contributed by atoms with Crippen LogP contribution < -0.4 is 9.47 Å². The molecule has 0 fully saturated rings. The summed E-state index contributed by atoms with van der Waals surface area (Å²) >= 11 is 0. The molecule has 0 spiro atoms. The summed E-state index contributed by atoms with van der Waals surface area (Å²) in [5.74, 6) is -6.86. The normalized spacial score (nSPS) is 24.3. The molecule has 0 saturated carbocycles.